The molecule has 1 saturated carbocycles. The largest absolute Gasteiger partial charge is 0.481 e. The summed E-state index contributed by atoms with van der Waals surface area (Å²) < 4.78 is 0. The molecule has 0 saturated heterocycles. The Hall–Kier alpha value is -1.20. The molecule has 1 aliphatic carbocycles. The van der Waals surface area contributed by atoms with E-state index in [0.717, 1.165) is 25.7 Å². The van der Waals surface area contributed by atoms with Crippen molar-refractivity contribution >= 4 is 11.8 Å². The van der Waals surface area contributed by atoms with E-state index < -0.39 is 12.1 Å². The Balaban J connectivity index is 2.38. The summed E-state index contributed by atoms with van der Waals surface area (Å²) in [6.07, 6.45) is 10.6. The van der Waals surface area contributed by atoms with Gasteiger partial charge in [-0.25, -0.2) is 0 Å². The number of aliphatic hydroxyl groups is 2. The highest BCUT2D eigenvalue weighted by atomic mass is 16.4. The van der Waals surface area contributed by atoms with Gasteiger partial charge >= 0.3 is 5.97 Å². The predicted molar refractivity (Wildman–Crippen MR) is 97.2 cm³/mol. The number of carbonyl (C=O) groups excluding carboxylic acids is 1. The van der Waals surface area contributed by atoms with Gasteiger partial charge in [0.15, 0.2) is 0 Å². The van der Waals surface area contributed by atoms with Crippen LogP contribution in [0.1, 0.15) is 77.6 Å². The zero-order valence-corrected chi connectivity index (χ0v) is 15.4. The first-order chi connectivity index (χ1) is 12.0. The van der Waals surface area contributed by atoms with Crippen molar-refractivity contribution in [2.75, 3.05) is 0 Å². The number of Topliss-reactive ketones (excluding diaryl/α,β-unsaturated/α-hetero) is 1. The SMILES string of the molecule is CCCCC[C@H](O)CC[C@H]1[C@H](O)CC(=O)[C@@H]1C/C=C\CCCC(=O)O. The molecule has 0 spiro atoms. The van der Waals surface area contributed by atoms with E-state index in [0.29, 0.717) is 32.1 Å². The molecule has 25 heavy (non-hydrogen) atoms. The molecule has 0 aliphatic heterocycles. The summed E-state index contributed by atoms with van der Waals surface area (Å²) in [5, 5.41) is 28.8. The van der Waals surface area contributed by atoms with Gasteiger partial charge in [-0.05, 0) is 44.4 Å². The minimum atomic E-state index is -0.792. The lowest BCUT2D eigenvalue weighted by Gasteiger charge is -2.21. The van der Waals surface area contributed by atoms with Crippen molar-refractivity contribution in [3.63, 3.8) is 0 Å². The number of aliphatic hydroxyl groups excluding tert-OH is 2. The number of carboxylic acid groups (broad SMARTS) is 1. The van der Waals surface area contributed by atoms with Gasteiger partial charge in [0.1, 0.15) is 5.78 Å². The number of hydrogen-bond acceptors (Lipinski definition) is 4. The molecule has 144 valence electrons. The van der Waals surface area contributed by atoms with Crippen molar-refractivity contribution in [3.05, 3.63) is 12.2 Å². The van der Waals surface area contributed by atoms with Crippen LogP contribution < -0.4 is 0 Å². The van der Waals surface area contributed by atoms with Crippen LogP contribution in [0.3, 0.4) is 0 Å². The van der Waals surface area contributed by atoms with Crippen LogP contribution in [-0.4, -0.2) is 39.3 Å². The average molecular weight is 354 g/mol. The molecule has 0 aromatic heterocycles. The minimum absolute atomic E-state index is 0.0722. The molecular formula is C20H34O5. The first kappa shape index (κ1) is 21.8. The molecular weight excluding hydrogens is 320 g/mol. The highest BCUT2D eigenvalue weighted by molar-refractivity contribution is 5.84. The van der Waals surface area contributed by atoms with Gasteiger partial charge in [-0.3, -0.25) is 9.59 Å². The molecule has 5 heteroatoms. The second-order valence-electron chi connectivity index (χ2n) is 7.23. The van der Waals surface area contributed by atoms with Gasteiger partial charge in [0.25, 0.3) is 0 Å². The van der Waals surface area contributed by atoms with Crippen molar-refractivity contribution in [1.82, 2.24) is 0 Å². The van der Waals surface area contributed by atoms with E-state index in [2.05, 4.69) is 6.92 Å². The molecule has 4 atom stereocenters. The fourth-order valence-corrected chi connectivity index (χ4v) is 3.61. The van der Waals surface area contributed by atoms with Gasteiger partial charge < -0.3 is 15.3 Å². The molecule has 1 fully saturated rings. The fraction of sp³-hybridized carbons (Fsp3) is 0.800. The van der Waals surface area contributed by atoms with Crippen molar-refractivity contribution in [1.29, 1.82) is 0 Å². The standard InChI is InChI=1S/C20H34O5/c1-2-3-6-9-15(21)12-13-17-16(18(22)14-19(17)23)10-7-4-5-8-11-20(24)25/h4,7,15-17,19,21,23H,2-3,5-6,8-14H2,1H3,(H,24,25)/b7-4-/t15-,16+,17+,19+/m0/s1. The number of ketones is 1. The smallest absolute Gasteiger partial charge is 0.303 e. The van der Waals surface area contributed by atoms with Gasteiger partial charge in [-0.2, -0.15) is 0 Å². The summed E-state index contributed by atoms with van der Waals surface area (Å²) in [6.45, 7) is 2.13. The summed E-state index contributed by atoms with van der Waals surface area (Å²) in [4.78, 5) is 22.6. The van der Waals surface area contributed by atoms with Crippen LogP contribution in [0.5, 0.6) is 0 Å². The van der Waals surface area contributed by atoms with Crippen molar-refractivity contribution in [2.45, 2.75) is 89.8 Å². The molecule has 1 rings (SSSR count). The second-order valence-corrected chi connectivity index (χ2v) is 7.23. The molecule has 0 radical (unpaired) electrons. The predicted octanol–water partition coefficient (Wildman–Crippen LogP) is 3.48. The second kappa shape index (κ2) is 12.2. The number of carboxylic acids is 1. The molecule has 0 heterocycles. The Labute approximate surface area is 151 Å². The van der Waals surface area contributed by atoms with Gasteiger partial charge in [-0.1, -0.05) is 38.3 Å². The zero-order chi connectivity index (χ0) is 18.7. The number of hydrogen-bond donors (Lipinski definition) is 3. The van der Waals surface area contributed by atoms with Crippen molar-refractivity contribution in [3.8, 4) is 0 Å². The van der Waals surface area contributed by atoms with E-state index in [-0.39, 0.29) is 36.6 Å². The number of rotatable bonds is 13. The Morgan fingerprint density at radius 3 is 2.68 bits per heavy atom. The maximum atomic E-state index is 12.1. The Morgan fingerprint density at radius 1 is 1.24 bits per heavy atom. The van der Waals surface area contributed by atoms with Crippen LogP contribution in [0.15, 0.2) is 12.2 Å². The zero-order valence-electron chi connectivity index (χ0n) is 15.4. The lowest BCUT2D eigenvalue weighted by molar-refractivity contribution is -0.137. The Bertz CT molecular complexity index is 432. The minimum Gasteiger partial charge on any atom is -0.481 e. The molecule has 0 aromatic carbocycles. The Kier molecular flexibility index (Phi) is 10.7. The molecule has 5 nitrogen and oxygen atoms in total. The van der Waals surface area contributed by atoms with Crippen LogP contribution in [0, 0.1) is 11.8 Å². The van der Waals surface area contributed by atoms with Gasteiger partial charge in [0, 0.05) is 18.8 Å². The van der Waals surface area contributed by atoms with E-state index >= 15 is 0 Å². The van der Waals surface area contributed by atoms with Crippen molar-refractivity contribution < 1.29 is 24.9 Å². The monoisotopic (exact) mass is 354 g/mol. The molecule has 1 aliphatic rings. The maximum absolute atomic E-state index is 12.1. The van der Waals surface area contributed by atoms with Crippen LogP contribution in [0.2, 0.25) is 0 Å². The molecule has 0 amide bonds. The van der Waals surface area contributed by atoms with Gasteiger partial charge in [0.2, 0.25) is 0 Å². The highest BCUT2D eigenvalue weighted by Crippen LogP contribution is 2.36. The lowest BCUT2D eigenvalue weighted by atomic mass is 9.86. The summed E-state index contributed by atoms with van der Waals surface area (Å²) in [5.74, 6) is -0.932. The first-order valence-electron chi connectivity index (χ1n) is 9.71. The highest BCUT2D eigenvalue weighted by Gasteiger charge is 2.40. The summed E-state index contributed by atoms with van der Waals surface area (Å²) in [6, 6.07) is 0. The van der Waals surface area contributed by atoms with Crippen LogP contribution in [-0.2, 0) is 9.59 Å². The van der Waals surface area contributed by atoms with E-state index in [4.69, 9.17) is 5.11 Å². The number of aliphatic carboxylic acids is 1. The first-order valence-corrected chi connectivity index (χ1v) is 9.71. The molecule has 0 unspecified atom stereocenters. The molecule has 0 aromatic rings. The third-order valence-electron chi connectivity index (χ3n) is 5.13. The normalized spacial score (nSPS) is 24.9. The number of unbranched alkanes of at least 4 members (excludes halogenated alkanes) is 3. The van der Waals surface area contributed by atoms with Crippen LogP contribution in [0.25, 0.3) is 0 Å². The summed E-state index contributed by atoms with van der Waals surface area (Å²) in [7, 11) is 0. The van der Waals surface area contributed by atoms with E-state index in [9.17, 15) is 19.8 Å². The van der Waals surface area contributed by atoms with Crippen LogP contribution >= 0.6 is 0 Å². The molecule has 3 N–H and O–H groups in total. The average Bonchev–Trinajstić information content (AvgIpc) is 2.82. The number of carbonyl (C=O) groups is 2. The van der Waals surface area contributed by atoms with E-state index in [1.165, 1.54) is 0 Å². The summed E-state index contributed by atoms with van der Waals surface area (Å²) in [5.41, 5.74) is 0. The van der Waals surface area contributed by atoms with Gasteiger partial charge in [0.05, 0.1) is 12.2 Å². The van der Waals surface area contributed by atoms with Crippen molar-refractivity contribution in [2.24, 2.45) is 11.8 Å². The number of allylic oxidation sites excluding steroid dienone is 2. The fourth-order valence-electron chi connectivity index (χ4n) is 3.61. The third kappa shape index (κ3) is 8.63. The lowest BCUT2D eigenvalue weighted by Crippen LogP contribution is -2.22. The maximum Gasteiger partial charge on any atom is 0.303 e. The van der Waals surface area contributed by atoms with Gasteiger partial charge in [-0.15, -0.1) is 0 Å². The topological polar surface area (TPSA) is 94.8 Å². The molecule has 0 bridgehead atoms. The van der Waals surface area contributed by atoms with Crippen LogP contribution in [0.4, 0.5) is 0 Å². The van der Waals surface area contributed by atoms with E-state index in [1.54, 1.807) is 0 Å². The third-order valence-corrected chi connectivity index (χ3v) is 5.13. The quantitative estimate of drug-likeness (QED) is 0.348. The summed E-state index contributed by atoms with van der Waals surface area (Å²) >= 11 is 0. The van der Waals surface area contributed by atoms with E-state index in [1.807, 2.05) is 12.2 Å². The Morgan fingerprint density at radius 2 is 2.00 bits per heavy atom.